The monoisotopic (exact) mass is 304 g/mol. The third-order valence-corrected chi connectivity index (χ3v) is 3.67. The number of hydrogen-bond donors (Lipinski definition) is 1. The summed E-state index contributed by atoms with van der Waals surface area (Å²) in [6.07, 6.45) is 1.94. The van der Waals surface area contributed by atoms with Crippen LogP contribution in [0.25, 0.3) is 0 Å². The molecule has 0 saturated heterocycles. The molecule has 1 aliphatic heterocycles. The Labute approximate surface area is 128 Å². The quantitative estimate of drug-likeness (QED) is 0.842. The van der Waals surface area contributed by atoms with E-state index in [1.807, 2.05) is 11.6 Å². The number of aryl methyl sites for hydroxylation is 2. The van der Waals surface area contributed by atoms with E-state index >= 15 is 0 Å². The molecule has 0 saturated carbocycles. The summed E-state index contributed by atoms with van der Waals surface area (Å²) in [6.45, 7) is 5.41. The number of fused-ring (bicyclic) bond motifs is 1. The van der Waals surface area contributed by atoms with E-state index in [-0.39, 0.29) is 5.76 Å². The van der Waals surface area contributed by atoms with E-state index in [1.54, 1.807) is 19.1 Å². The molecule has 0 aromatic carbocycles. The van der Waals surface area contributed by atoms with Crippen molar-refractivity contribution >= 4 is 5.97 Å². The molecule has 1 atom stereocenters. The molecule has 0 aliphatic carbocycles. The van der Waals surface area contributed by atoms with Crippen molar-refractivity contribution < 1.29 is 13.9 Å². The summed E-state index contributed by atoms with van der Waals surface area (Å²) in [5.74, 6) is 2.42. The molecule has 0 bridgehead atoms. The Morgan fingerprint density at radius 3 is 3.23 bits per heavy atom. The highest BCUT2D eigenvalue weighted by Gasteiger charge is 2.21. The lowest BCUT2D eigenvalue weighted by atomic mass is 10.1. The van der Waals surface area contributed by atoms with Crippen molar-refractivity contribution in [2.75, 3.05) is 6.61 Å². The number of carbonyl (C=O) groups excluding carboxylic acids is 1. The molecule has 2 aromatic rings. The lowest BCUT2D eigenvalue weighted by Gasteiger charge is -2.23. The maximum absolute atomic E-state index is 11.5. The SMILES string of the molecule is CCOC(=O)c1ccc(CN[C@H]2CCc3nc(C)nn3C2)o1. The van der Waals surface area contributed by atoms with Crippen LogP contribution in [0.3, 0.4) is 0 Å². The van der Waals surface area contributed by atoms with Gasteiger partial charge in [-0.05, 0) is 32.4 Å². The Morgan fingerprint density at radius 2 is 2.41 bits per heavy atom. The van der Waals surface area contributed by atoms with Crippen molar-refractivity contribution in [3.8, 4) is 0 Å². The van der Waals surface area contributed by atoms with Gasteiger partial charge in [-0.1, -0.05) is 0 Å². The largest absolute Gasteiger partial charge is 0.460 e. The van der Waals surface area contributed by atoms with E-state index in [2.05, 4.69) is 15.4 Å². The minimum Gasteiger partial charge on any atom is -0.460 e. The first-order chi connectivity index (χ1) is 10.7. The lowest BCUT2D eigenvalue weighted by molar-refractivity contribution is 0.0487. The molecule has 0 amide bonds. The van der Waals surface area contributed by atoms with Gasteiger partial charge in [-0.25, -0.2) is 14.5 Å². The number of carbonyl (C=O) groups is 1. The van der Waals surface area contributed by atoms with Crippen LogP contribution >= 0.6 is 0 Å². The standard InChI is InChI=1S/C15H20N4O3/c1-3-21-15(20)13-6-5-12(22-13)8-16-11-4-7-14-17-10(2)18-19(14)9-11/h5-6,11,16H,3-4,7-9H2,1-2H3/t11-/m0/s1. The van der Waals surface area contributed by atoms with Crippen LogP contribution in [0.5, 0.6) is 0 Å². The lowest BCUT2D eigenvalue weighted by Crippen LogP contribution is -2.37. The second kappa shape index (κ2) is 6.31. The van der Waals surface area contributed by atoms with Gasteiger partial charge in [-0.15, -0.1) is 0 Å². The number of ether oxygens (including phenoxy) is 1. The van der Waals surface area contributed by atoms with Crippen molar-refractivity contribution in [1.82, 2.24) is 20.1 Å². The Balaban J connectivity index is 1.54. The van der Waals surface area contributed by atoms with Crippen molar-refractivity contribution in [2.45, 2.75) is 45.8 Å². The molecule has 1 N–H and O–H groups in total. The zero-order valence-electron chi connectivity index (χ0n) is 12.8. The molecular formula is C15H20N4O3. The van der Waals surface area contributed by atoms with Crippen LogP contribution in [-0.4, -0.2) is 33.4 Å². The molecule has 3 rings (SSSR count). The first-order valence-electron chi connectivity index (χ1n) is 7.55. The fourth-order valence-electron chi connectivity index (χ4n) is 2.63. The molecule has 0 unspecified atom stereocenters. The predicted molar refractivity (Wildman–Crippen MR) is 78.4 cm³/mol. The number of furan rings is 1. The van der Waals surface area contributed by atoms with E-state index in [4.69, 9.17) is 9.15 Å². The fourth-order valence-corrected chi connectivity index (χ4v) is 2.63. The van der Waals surface area contributed by atoms with Crippen molar-refractivity contribution in [3.05, 3.63) is 35.3 Å². The van der Waals surface area contributed by atoms with Crippen LogP contribution < -0.4 is 5.32 Å². The zero-order valence-corrected chi connectivity index (χ0v) is 12.8. The van der Waals surface area contributed by atoms with E-state index in [9.17, 15) is 4.79 Å². The van der Waals surface area contributed by atoms with Gasteiger partial charge in [0.15, 0.2) is 0 Å². The van der Waals surface area contributed by atoms with Crippen LogP contribution in [0.1, 0.15) is 41.3 Å². The second-order valence-corrected chi connectivity index (χ2v) is 5.36. The van der Waals surface area contributed by atoms with Gasteiger partial charge in [0.05, 0.1) is 19.7 Å². The van der Waals surface area contributed by atoms with Crippen molar-refractivity contribution in [1.29, 1.82) is 0 Å². The number of nitrogens with one attached hydrogen (secondary N) is 1. The highest BCUT2D eigenvalue weighted by molar-refractivity contribution is 5.86. The summed E-state index contributed by atoms with van der Waals surface area (Å²) in [6, 6.07) is 3.77. The van der Waals surface area contributed by atoms with Gasteiger partial charge in [0.2, 0.25) is 5.76 Å². The highest BCUT2D eigenvalue weighted by atomic mass is 16.5. The molecule has 3 heterocycles. The maximum Gasteiger partial charge on any atom is 0.374 e. The third-order valence-electron chi connectivity index (χ3n) is 3.67. The van der Waals surface area contributed by atoms with E-state index in [0.717, 1.165) is 36.8 Å². The van der Waals surface area contributed by atoms with Gasteiger partial charge in [-0.2, -0.15) is 5.10 Å². The van der Waals surface area contributed by atoms with Gasteiger partial charge >= 0.3 is 5.97 Å². The Kier molecular flexibility index (Phi) is 4.24. The van der Waals surface area contributed by atoms with Crippen molar-refractivity contribution in [3.63, 3.8) is 0 Å². The summed E-state index contributed by atoms with van der Waals surface area (Å²) in [5.41, 5.74) is 0. The average molecular weight is 304 g/mol. The summed E-state index contributed by atoms with van der Waals surface area (Å²) >= 11 is 0. The first-order valence-corrected chi connectivity index (χ1v) is 7.55. The van der Waals surface area contributed by atoms with E-state index in [1.165, 1.54) is 0 Å². The minimum atomic E-state index is -0.422. The van der Waals surface area contributed by atoms with Gasteiger partial charge < -0.3 is 14.5 Å². The summed E-state index contributed by atoms with van der Waals surface area (Å²) in [4.78, 5) is 15.9. The van der Waals surface area contributed by atoms with Gasteiger partial charge in [-0.3, -0.25) is 0 Å². The predicted octanol–water partition coefficient (Wildman–Crippen LogP) is 1.46. The fraction of sp³-hybridized carbons (Fsp3) is 0.533. The number of rotatable bonds is 5. The summed E-state index contributed by atoms with van der Waals surface area (Å²) in [5, 5.41) is 7.82. The summed E-state index contributed by atoms with van der Waals surface area (Å²) in [7, 11) is 0. The maximum atomic E-state index is 11.5. The highest BCUT2D eigenvalue weighted by Crippen LogP contribution is 2.14. The topological polar surface area (TPSA) is 82.2 Å². The number of hydrogen-bond acceptors (Lipinski definition) is 6. The van der Waals surface area contributed by atoms with E-state index in [0.29, 0.717) is 19.2 Å². The molecule has 0 spiro atoms. The first kappa shape index (κ1) is 14.8. The minimum absolute atomic E-state index is 0.247. The Hall–Kier alpha value is -2.15. The Bertz CT molecular complexity index is 662. The normalized spacial score (nSPS) is 17.3. The van der Waals surface area contributed by atoms with Crippen LogP contribution in [0, 0.1) is 6.92 Å². The molecule has 22 heavy (non-hydrogen) atoms. The van der Waals surface area contributed by atoms with Gasteiger partial charge in [0.25, 0.3) is 0 Å². The molecule has 7 heteroatoms. The number of esters is 1. The third kappa shape index (κ3) is 3.19. The molecule has 118 valence electrons. The van der Waals surface area contributed by atoms with Gasteiger partial charge in [0, 0.05) is 12.5 Å². The molecule has 7 nitrogen and oxygen atoms in total. The second-order valence-electron chi connectivity index (χ2n) is 5.36. The molecule has 0 radical (unpaired) electrons. The number of nitrogens with zero attached hydrogens (tertiary/aromatic N) is 3. The molecule has 2 aromatic heterocycles. The zero-order chi connectivity index (χ0) is 15.5. The van der Waals surface area contributed by atoms with Crippen LogP contribution in [-0.2, 0) is 24.2 Å². The average Bonchev–Trinajstić information content (AvgIpc) is 3.10. The molecular weight excluding hydrogens is 284 g/mol. The molecule has 0 fully saturated rings. The van der Waals surface area contributed by atoms with Crippen molar-refractivity contribution in [2.24, 2.45) is 0 Å². The smallest absolute Gasteiger partial charge is 0.374 e. The van der Waals surface area contributed by atoms with Crippen LogP contribution in [0.15, 0.2) is 16.5 Å². The Morgan fingerprint density at radius 1 is 1.55 bits per heavy atom. The van der Waals surface area contributed by atoms with Gasteiger partial charge in [0.1, 0.15) is 17.4 Å². The van der Waals surface area contributed by atoms with E-state index < -0.39 is 5.97 Å². The number of aromatic nitrogens is 3. The van der Waals surface area contributed by atoms with Crippen LogP contribution in [0.4, 0.5) is 0 Å². The summed E-state index contributed by atoms with van der Waals surface area (Å²) < 4.78 is 12.4. The molecule has 1 aliphatic rings. The van der Waals surface area contributed by atoms with Crippen LogP contribution in [0.2, 0.25) is 0 Å².